The number of hydrogen-bond donors (Lipinski definition) is 2. The van der Waals surface area contributed by atoms with E-state index in [-0.39, 0.29) is 5.56 Å². The topological polar surface area (TPSA) is 54.3 Å². The predicted molar refractivity (Wildman–Crippen MR) is 62.5 cm³/mol. The molecule has 1 aliphatic carbocycles. The number of hydrogen-bond acceptors (Lipinski definition) is 3. The fourth-order valence-corrected chi connectivity index (χ4v) is 1.72. The Balaban J connectivity index is 1.93. The summed E-state index contributed by atoms with van der Waals surface area (Å²) in [7, 11) is 0. The van der Waals surface area contributed by atoms with Crippen LogP contribution in [0.4, 0.5) is 0 Å². The van der Waals surface area contributed by atoms with Crippen LogP contribution in [0.5, 0.6) is 0 Å². The molecule has 0 aromatic carbocycles. The third kappa shape index (κ3) is 2.93. The van der Waals surface area contributed by atoms with E-state index >= 15 is 0 Å². The quantitative estimate of drug-likeness (QED) is 0.752. The molecule has 1 atom stereocenters. The zero-order valence-corrected chi connectivity index (χ0v) is 9.52. The van der Waals surface area contributed by atoms with Gasteiger partial charge in [-0.05, 0) is 25.8 Å². The van der Waals surface area contributed by atoms with Crippen LogP contribution in [0.2, 0.25) is 0 Å². The van der Waals surface area contributed by atoms with Crippen LogP contribution in [-0.4, -0.2) is 28.4 Å². The second kappa shape index (κ2) is 4.80. The van der Waals surface area contributed by atoms with E-state index in [9.17, 15) is 9.90 Å². The summed E-state index contributed by atoms with van der Waals surface area (Å²) < 4.78 is 1.61. The summed E-state index contributed by atoms with van der Waals surface area (Å²) >= 11 is 0. The summed E-state index contributed by atoms with van der Waals surface area (Å²) in [6, 6.07) is 5.72. The summed E-state index contributed by atoms with van der Waals surface area (Å²) in [5.74, 6) is 0. The molecule has 0 amide bonds. The first-order valence-electron chi connectivity index (χ1n) is 5.75. The van der Waals surface area contributed by atoms with E-state index in [1.54, 1.807) is 10.6 Å². The van der Waals surface area contributed by atoms with Gasteiger partial charge in [0.1, 0.15) is 0 Å². The molecule has 4 heteroatoms. The van der Waals surface area contributed by atoms with Gasteiger partial charge in [-0.2, -0.15) is 0 Å². The van der Waals surface area contributed by atoms with Gasteiger partial charge in [-0.3, -0.25) is 4.79 Å². The van der Waals surface area contributed by atoms with E-state index in [1.165, 1.54) is 18.9 Å². The molecule has 1 heterocycles. The molecule has 1 aromatic rings. The van der Waals surface area contributed by atoms with Gasteiger partial charge in [0, 0.05) is 24.3 Å². The van der Waals surface area contributed by atoms with Crippen molar-refractivity contribution in [3.05, 3.63) is 34.2 Å². The molecule has 0 spiro atoms. The van der Waals surface area contributed by atoms with Crippen LogP contribution in [0.1, 0.15) is 18.5 Å². The highest BCUT2D eigenvalue weighted by Crippen LogP contribution is 2.18. The molecule has 16 heavy (non-hydrogen) atoms. The Kier molecular flexibility index (Phi) is 3.41. The lowest BCUT2D eigenvalue weighted by molar-refractivity contribution is 0.149. The molecule has 1 fully saturated rings. The molecule has 0 aliphatic heterocycles. The average Bonchev–Trinajstić information content (AvgIpc) is 3.04. The fraction of sp³-hybridized carbons (Fsp3) is 0.583. The van der Waals surface area contributed by atoms with Crippen molar-refractivity contribution >= 4 is 0 Å². The van der Waals surface area contributed by atoms with Crippen LogP contribution in [-0.2, 0) is 6.54 Å². The molecule has 1 saturated carbocycles. The van der Waals surface area contributed by atoms with E-state index in [1.807, 2.05) is 13.0 Å². The van der Waals surface area contributed by atoms with Crippen LogP contribution >= 0.6 is 0 Å². The number of nitrogens with one attached hydrogen (secondary N) is 1. The van der Waals surface area contributed by atoms with E-state index in [0.29, 0.717) is 19.1 Å². The van der Waals surface area contributed by atoms with Crippen LogP contribution in [0.3, 0.4) is 0 Å². The Bertz CT molecular complexity index is 410. The third-order valence-corrected chi connectivity index (χ3v) is 2.88. The zero-order valence-electron chi connectivity index (χ0n) is 9.52. The summed E-state index contributed by atoms with van der Waals surface area (Å²) in [5.41, 5.74) is 0.837. The smallest absolute Gasteiger partial charge is 0.250 e. The Hall–Kier alpha value is -1.13. The summed E-state index contributed by atoms with van der Waals surface area (Å²) in [4.78, 5) is 11.6. The minimum atomic E-state index is -0.501. The molecular formula is C12H18N2O2. The molecule has 0 saturated heterocycles. The molecule has 0 radical (unpaired) electrons. The predicted octanol–water partition coefficient (Wildman–Crippen LogP) is 0.270. The van der Waals surface area contributed by atoms with Crippen molar-refractivity contribution < 1.29 is 5.11 Å². The van der Waals surface area contributed by atoms with Gasteiger partial charge in [0.25, 0.3) is 5.56 Å². The SMILES string of the molecule is Cc1cccc(=O)n1CC(O)CNC1CC1. The van der Waals surface area contributed by atoms with Crippen molar-refractivity contribution in [3.8, 4) is 0 Å². The molecule has 1 aromatic heterocycles. The summed E-state index contributed by atoms with van der Waals surface area (Å²) in [6.07, 6.45) is 1.91. The maximum absolute atomic E-state index is 11.6. The first kappa shape index (κ1) is 11.4. The monoisotopic (exact) mass is 222 g/mol. The number of aliphatic hydroxyl groups excluding tert-OH is 1. The van der Waals surface area contributed by atoms with E-state index in [2.05, 4.69) is 5.32 Å². The maximum atomic E-state index is 11.6. The highest BCUT2D eigenvalue weighted by Gasteiger charge is 2.21. The van der Waals surface area contributed by atoms with E-state index in [4.69, 9.17) is 0 Å². The second-order valence-corrected chi connectivity index (χ2v) is 4.45. The molecule has 2 N–H and O–H groups in total. The Morgan fingerprint density at radius 3 is 2.94 bits per heavy atom. The highest BCUT2D eigenvalue weighted by molar-refractivity contribution is 5.04. The number of nitrogens with zero attached hydrogens (tertiary/aromatic N) is 1. The van der Waals surface area contributed by atoms with Gasteiger partial charge in [-0.25, -0.2) is 0 Å². The third-order valence-electron chi connectivity index (χ3n) is 2.88. The number of pyridine rings is 1. The van der Waals surface area contributed by atoms with Crippen LogP contribution in [0.25, 0.3) is 0 Å². The lowest BCUT2D eigenvalue weighted by Crippen LogP contribution is -2.35. The summed E-state index contributed by atoms with van der Waals surface area (Å²) in [6.45, 7) is 2.80. The lowest BCUT2D eigenvalue weighted by Gasteiger charge is -2.15. The van der Waals surface area contributed by atoms with Crippen molar-refractivity contribution in [1.82, 2.24) is 9.88 Å². The Morgan fingerprint density at radius 2 is 2.31 bits per heavy atom. The number of aliphatic hydroxyl groups is 1. The van der Waals surface area contributed by atoms with Gasteiger partial charge >= 0.3 is 0 Å². The number of aromatic nitrogens is 1. The van der Waals surface area contributed by atoms with Gasteiger partial charge in [0.2, 0.25) is 0 Å². The number of aryl methyl sites for hydroxylation is 1. The Labute approximate surface area is 94.9 Å². The first-order valence-corrected chi connectivity index (χ1v) is 5.75. The second-order valence-electron chi connectivity index (χ2n) is 4.45. The lowest BCUT2D eigenvalue weighted by atomic mass is 10.3. The normalized spacial score (nSPS) is 17.4. The standard InChI is InChI=1S/C12H18N2O2/c1-9-3-2-4-12(16)14(9)8-11(15)7-13-10-5-6-10/h2-4,10-11,13,15H,5-8H2,1H3. The zero-order chi connectivity index (χ0) is 11.5. The van der Waals surface area contributed by atoms with Gasteiger partial charge in [-0.15, -0.1) is 0 Å². The molecule has 0 bridgehead atoms. The van der Waals surface area contributed by atoms with Crippen molar-refractivity contribution in [2.24, 2.45) is 0 Å². The molecular weight excluding hydrogens is 204 g/mol. The minimum Gasteiger partial charge on any atom is -0.390 e. The number of rotatable bonds is 5. The molecule has 88 valence electrons. The van der Waals surface area contributed by atoms with Crippen molar-refractivity contribution in [2.75, 3.05) is 6.54 Å². The van der Waals surface area contributed by atoms with Gasteiger partial charge in [-0.1, -0.05) is 6.07 Å². The Morgan fingerprint density at radius 1 is 1.56 bits per heavy atom. The largest absolute Gasteiger partial charge is 0.390 e. The average molecular weight is 222 g/mol. The van der Waals surface area contributed by atoms with E-state index in [0.717, 1.165) is 5.69 Å². The minimum absolute atomic E-state index is 0.0505. The molecule has 2 rings (SSSR count). The van der Waals surface area contributed by atoms with Crippen LogP contribution < -0.4 is 10.9 Å². The molecule has 1 aliphatic rings. The fourth-order valence-electron chi connectivity index (χ4n) is 1.72. The van der Waals surface area contributed by atoms with Gasteiger partial charge in [0.15, 0.2) is 0 Å². The van der Waals surface area contributed by atoms with Crippen LogP contribution in [0, 0.1) is 6.92 Å². The molecule has 1 unspecified atom stereocenters. The first-order chi connectivity index (χ1) is 7.66. The molecule has 4 nitrogen and oxygen atoms in total. The van der Waals surface area contributed by atoms with E-state index < -0.39 is 6.10 Å². The highest BCUT2D eigenvalue weighted by atomic mass is 16.3. The van der Waals surface area contributed by atoms with Crippen molar-refractivity contribution in [1.29, 1.82) is 0 Å². The van der Waals surface area contributed by atoms with Crippen LogP contribution in [0.15, 0.2) is 23.0 Å². The van der Waals surface area contributed by atoms with Gasteiger partial charge < -0.3 is 15.0 Å². The van der Waals surface area contributed by atoms with Crippen molar-refractivity contribution in [2.45, 2.75) is 38.5 Å². The van der Waals surface area contributed by atoms with Crippen molar-refractivity contribution in [3.63, 3.8) is 0 Å². The maximum Gasteiger partial charge on any atom is 0.250 e. The summed E-state index contributed by atoms with van der Waals surface area (Å²) in [5, 5.41) is 13.1. The van der Waals surface area contributed by atoms with Gasteiger partial charge in [0.05, 0.1) is 12.6 Å².